The third kappa shape index (κ3) is 1.75. The lowest BCUT2D eigenvalue weighted by Crippen LogP contribution is -2.31. The van der Waals surface area contributed by atoms with Gasteiger partial charge in [-0.3, -0.25) is 4.40 Å². The molecule has 0 spiro atoms. The van der Waals surface area contributed by atoms with E-state index in [4.69, 9.17) is 0 Å². The quantitative estimate of drug-likeness (QED) is 0.860. The second kappa shape index (κ2) is 3.68. The van der Waals surface area contributed by atoms with Gasteiger partial charge in [-0.25, -0.2) is 4.98 Å². The van der Waals surface area contributed by atoms with Crippen molar-refractivity contribution in [3.8, 4) is 0 Å². The first-order chi connectivity index (χ1) is 8.17. The van der Waals surface area contributed by atoms with E-state index in [0.717, 1.165) is 11.5 Å². The summed E-state index contributed by atoms with van der Waals surface area (Å²) in [5.41, 5.74) is 1.13. The predicted molar refractivity (Wildman–Crippen MR) is 65.8 cm³/mol. The molecular formula is C12H17N5. The van der Waals surface area contributed by atoms with Gasteiger partial charge in [0.1, 0.15) is 6.33 Å². The Bertz CT molecular complexity index is 530. The van der Waals surface area contributed by atoms with Crippen molar-refractivity contribution < 1.29 is 0 Å². The average Bonchev–Trinajstić information content (AvgIpc) is 2.86. The average molecular weight is 231 g/mol. The fourth-order valence-electron chi connectivity index (χ4n) is 2.62. The Hall–Kier alpha value is -1.65. The first-order valence-corrected chi connectivity index (χ1v) is 6.08. The number of aromatic nitrogens is 4. The van der Waals surface area contributed by atoms with Crippen molar-refractivity contribution >= 4 is 11.5 Å². The maximum atomic E-state index is 4.37. The van der Waals surface area contributed by atoms with Gasteiger partial charge in [0.25, 0.3) is 0 Å². The van der Waals surface area contributed by atoms with Gasteiger partial charge in [-0.05, 0) is 18.3 Å². The van der Waals surface area contributed by atoms with E-state index in [9.17, 15) is 0 Å². The van der Waals surface area contributed by atoms with Crippen LogP contribution in [0.4, 0.5) is 5.82 Å². The molecule has 0 aromatic carbocycles. The second-order valence-electron chi connectivity index (χ2n) is 5.42. The second-order valence-corrected chi connectivity index (χ2v) is 5.42. The van der Waals surface area contributed by atoms with E-state index in [0.29, 0.717) is 11.5 Å². The molecule has 0 radical (unpaired) electrons. The van der Waals surface area contributed by atoms with Crippen molar-refractivity contribution in [2.24, 2.45) is 5.41 Å². The summed E-state index contributed by atoms with van der Waals surface area (Å²) in [5.74, 6) is 0.838. The van der Waals surface area contributed by atoms with Gasteiger partial charge in [-0.15, -0.1) is 10.2 Å². The lowest BCUT2D eigenvalue weighted by Gasteiger charge is -2.28. The maximum absolute atomic E-state index is 4.37. The summed E-state index contributed by atoms with van der Waals surface area (Å²) < 4.78 is 1.89. The minimum Gasteiger partial charge on any atom is -0.364 e. The minimum atomic E-state index is 0.328. The molecule has 1 atom stereocenters. The summed E-state index contributed by atoms with van der Waals surface area (Å²) >= 11 is 0. The van der Waals surface area contributed by atoms with Crippen molar-refractivity contribution in [2.75, 3.05) is 5.32 Å². The van der Waals surface area contributed by atoms with Gasteiger partial charge in [0.15, 0.2) is 5.82 Å². The Morgan fingerprint density at radius 2 is 2.35 bits per heavy atom. The molecule has 2 aromatic heterocycles. The van der Waals surface area contributed by atoms with Crippen molar-refractivity contribution in [3.63, 3.8) is 0 Å². The van der Waals surface area contributed by atoms with Gasteiger partial charge >= 0.3 is 0 Å². The van der Waals surface area contributed by atoms with Crippen molar-refractivity contribution in [1.82, 2.24) is 19.6 Å². The van der Waals surface area contributed by atoms with Gasteiger partial charge in [0, 0.05) is 18.4 Å². The van der Waals surface area contributed by atoms with E-state index in [-0.39, 0.29) is 0 Å². The molecule has 5 nitrogen and oxygen atoms in total. The first-order valence-electron chi connectivity index (χ1n) is 6.08. The molecule has 2 aromatic rings. The highest BCUT2D eigenvalue weighted by atomic mass is 15.2. The van der Waals surface area contributed by atoms with Crippen LogP contribution in [0.15, 0.2) is 18.7 Å². The molecule has 0 amide bonds. The van der Waals surface area contributed by atoms with Crippen LogP contribution in [0, 0.1) is 5.41 Å². The number of fused-ring (bicyclic) bond motifs is 1. The Balaban J connectivity index is 1.92. The van der Waals surface area contributed by atoms with E-state index in [1.165, 1.54) is 19.3 Å². The number of hydrogen-bond acceptors (Lipinski definition) is 4. The summed E-state index contributed by atoms with van der Waals surface area (Å²) in [6.07, 6.45) is 9.08. The Labute approximate surface area is 100 Å². The fraction of sp³-hybridized carbons (Fsp3) is 0.583. The van der Waals surface area contributed by atoms with Crippen molar-refractivity contribution in [1.29, 1.82) is 0 Å². The zero-order valence-corrected chi connectivity index (χ0v) is 10.2. The standard InChI is InChI=1S/C12H17N5/c1-12(2)5-3-4-9(12)15-10-11-16-14-8-17(11)7-6-13-10/h6-9H,3-5H2,1-2H3,(H,13,15). The van der Waals surface area contributed by atoms with Crippen LogP contribution in [0.5, 0.6) is 0 Å². The van der Waals surface area contributed by atoms with Crippen molar-refractivity contribution in [3.05, 3.63) is 18.7 Å². The monoisotopic (exact) mass is 231 g/mol. The van der Waals surface area contributed by atoms with E-state index >= 15 is 0 Å². The molecule has 17 heavy (non-hydrogen) atoms. The number of anilines is 1. The highest BCUT2D eigenvalue weighted by Gasteiger charge is 2.34. The topological polar surface area (TPSA) is 55.1 Å². The van der Waals surface area contributed by atoms with E-state index in [1.807, 2.05) is 10.6 Å². The summed E-state index contributed by atoms with van der Waals surface area (Å²) in [6.45, 7) is 4.61. The summed E-state index contributed by atoms with van der Waals surface area (Å²) in [7, 11) is 0. The molecule has 0 aliphatic heterocycles. The molecule has 90 valence electrons. The van der Waals surface area contributed by atoms with E-state index < -0.39 is 0 Å². The molecule has 0 bridgehead atoms. The highest BCUT2D eigenvalue weighted by molar-refractivity contribution is 5.62. The van der Waals surface area contributed by atoms with Crippen LogP contribution in [0.1, 0.15) is 33.1 Å². The maximum Gasteiger partial charge on any atom is 0.203 e. The normalized spacial score (nSPS) is 23.1. The lowest BCUT2D eigenvalue weighted by atomic mass is 9.87. The molecular weight excluding hydrogens is 214 g/mol. The third-order valence-corrected chi connectivity index (χ3v) is 3.78. The smallest absolute Gasteiger partial charge is 0.203 e. The molecule has 1 N–H and O–H groups in total. The minimum absolute atomic E-state index is 0.328. The van der Waals surface area contributed by atoms with Gasteiger partial charge in [0.2, 0.25) is 5.65 Å². The van der Waals surface area contributed by atoms with Gasteiger partial charge in [-0.2, -0.15) is 0 Å². The molecule has 1 unspecified atom stereocenters. The zero-order valence-electron chi connectivity index (χ0n) is 10.2. The van der Waals surface area contributed by atoms with E-state index in [1.54, 1.807) is 12.5 Å². The lowest BCUT2D eigenvalue weighted by molar-refractivity contribution is 0.349. The Morgan fingerprint density at radius 3 is 3.12 bits per heavy atom. The highest BCUT2D eigenvalue weighted by Crippen LogP contribution is 2.38. The van der Waals surface area contributed by atoms with Crippen LogP contribution in [0.3, 0.4) is 0 Å². The number of hydrogen-bond donors (Lipinski definition) is 1. The van der Waals surface area contributed by atoms with E-state index in [2.05, 4.69) is 34.3 Å². The van der Waals surface area contributed by atoms with Crippen LogP contribution in [-0.4, -0.2) is 25.6 Å². The molecule has 3 rings (SSSR count). The number of nitrogens with one attached hydrogen (secondary N) is 1. The molecule has 1 aliphatic carbocycles. The zero-order chi connectivity index (χ0) is 11.9. The predicted octanol–water partition coefficient (Wildman–Crippen LogP) is 2.11. The van der Waals surface area contributed by atoms with Gasteiger partial charge < -0.3 is 5.32 Å². The van der Waals surface area contributed by atoms with Crippen LogP contribution in [-0.2, 0) is 0 Å². The molecule has 1 fully saturated rings. The Morgan fingerprint density at radius 1 is 1.47 bits per heavy atom. The van der Waals surface area contributed by atoms with Gasteiger partial charge in [0.05, 0.1) is 0 Å². The molecule has 0 saturated heterocycles. The van der Waals surface area contributed by atoms with Crippen molar-refractivity contribution in [2.45, 2.75) is 39.2 Å². The summed E-state index contributed by atoms with van der Waals surface area (Å²) in [6, 6.07) is 0.470. The molecule has 2 heterocycles. The summed E-state index contributed by atoms with van der Waals surface area (Å²) in [4.78, 5) is 4.37. The van der Waals surface area contributed by atoms with Gasteiger partial charge in [-0.1, -0.05) is 20.3 Å². The van der Waals surface area contributed by atoms with Crippen LogP contribution in [0.2, 0.25) is 0 Å². The largest absolute Gasteiger partial charge is 0.364 e. The first kappa shape index (κ1) is 10.5. The number of rotatable bonds is 2. The molecule has 1 aliphatic rings. The number of nitrogens with zero attached hydrogens (tertiary/aromatic N) is 4. The third-order valence-electron chi connectivity index (χ3n) is 3.78. The SMILES string of the molecule is CC1(C)CCCC1Nc1nccn2cnnc12. The fourth-order valence-corrected chi connectivity index (χ4v) is 2.62. The van der Waals surface area contributed by atoms with Crippen LogP contribution >= 0.6 is 0 Å². The molecule has 5 heteroatoms. The summed E-state index contributed by atoms with van der Waals surface area (Å²) in [5, 5.41) is 11.5. The Kier molecular flexibility index (Phi) is 2.28. The molecule has 1 saturated carbocycles. The van der Waals surface area contributed by atoms with Crippen LogP contribution < -0.4 is 5.32 Å². The van der Waals surface area contributed by atoms with Crippen LogP contribution in [0.25, 0.3) is 5.65 Å².